The number of ether oxygens (including phenoxy) is 1. The Balaban J connectivity index is 1.60. The van der Waals surface area contributed by atoms with Gasteiger partial charge in [-0.3, -0.25) is 4.98 Å². The highest BCUT2D eigenvalue weighted by molar-refractivity contribution is 6.30. The van der Waals surface area contributed by atoms with Crippen LogP contribution in [0.1, 0.15) is 19.3 Å². The van der Waals surface area contributed by atoms with Gasteiger partial charge in [0, 0.05) is 17.8 Å². The van der Waals surface area contributed by atoms with Gasteiger partial charge in [0.25, 0.3) is 0 Å². The molecule has 6 nitrogen and oxygen atoms in total. The van der Waals surface area contributed by atoms with Crippen molar-refractivity contribution in [1.29, 1.82) is 5.26 Å². The van der Waals surface area contributed by atoms with Crippen LogP contribution in [0.15, 0.2) is 53.8 Å². The highest BCUT2D eigenvalue weighted by atomic mass is 35.5. The van der Waals surface area contributed by atoms with E-state index in [4.69, 9.17) is 21.6 Å². The third-order valence-electron chi connectivity index (χ3n) is 3.28. The Kier molecular flexibility index (Phi) is 8.09. The van der Waals surface area contributed by atoms with Crippen molar-refractivity contribution in [1.82, 2.24) is 10.3 Å². The summed E-state index contributed by atoms with van der Waals surface area (Å²) in [4.78, 5) is 7.75. The van der Waals surface area contributed by atoms with Crippen LogP contribution in [-0.2, 0) is 0 Å². The number of nitrogens with zero attached hydrogens (tertiary/aromatic N) is 3. The molecule has 1 aromatic heterocycles. The van der Waals surface area contributed by atoms with E-state index in [0.29, 0.717) is 24.1 Å². The zero-order valence-corrected chi connectivity index (χ0v) is 14.5. The molecule has 0 bridgehead atoms. The lowest BCUT2D eigenvalue weighted by Crippen LogP contribution is -2.31. The first-order valence-corrected chi connectivity index (χ1v) is 8.42. The van der Waals surface area contributed by atoms with Gasteiger partial charge in [0.1, 0.15) is 5.75 Å². The van der Waals surface area contributed by atoms with Crippen molar-refractivity contribution in [2.45, 2.75) is 19.3 Å². The Morgan fingerprint density at radius 2 is 2.04 bits per heavy atom. The van der Waals surface area contributed by atoms with Crippen molar-refractivity contribution in [2.24, 2.45) is 4.99 Å². The standard InChI is InChI=1S/C18H20ClN5O/c19-15-6-8-17(9-7-15)25-12-3-1-2-11-22-18(23-14-20)24-16-5-4-10-21-13-16/h4-10,13H,1-3,11-12H2,(H2,22,23,24). The molecule has 0 fully saturated rings. The number of unbranched alkanes of at least 4 members (excludes halogenated alkanes) is 2. The molecule has 0 aliphatic carbocycles. The van der Waals surface area contributed by atoms with Gasteiger partial charge >= 0.3 is 0 Å². The molecule has 0 radical (unpaired) electrons. The van der Waals surface area contributed by atoms with Crippen LogP contribution in [0.5, 0.6) is 5.75 Å². The van der Waals surface area contributed by atoms with Gasteiger partial charge < -0.3 is 15.4 Å². The number of rotatable bonds is 8. The quantitative estimate of drug-likeness (QED) is 0.325. The maximum absolute atomic E-state index is 8.75. The van der Waals surface area contributed by atoms with Gasteiger partial charge in [-0.25, -0.2) is 0 Å². The lowest BCUT2D eigenvalue weighted by molar-refractivity contribution is 0.305. The predicted octanol–water partition coefficient (Wildman–Crippen LogP) is 3.82. The second-order valence-corrected chi connectivity index (χ2v) is 5.65. The Morgan fingerprint density at radius 3 is 2.76 bits per heavy atom. The Morgan fingerprint density at radius 1 is 1.20 bits per heavy atom. The van der Waals surface area contributed by atoms with E-state index in [1.807, 2.05) is 36.4 Å². The van der Waals surface area contributed by atoms with E-state index >= 15 is 0 Å². The van der Waals surface area contributed by atoms with E-state index < -0.39 is 0 Å². The maximum atomic E-state index is 8.75. The molecule has 25 heavy (non-hydrogen) atoms. The van der Waals surface area contributed by atoms with Gasteiger partial charge in [-0.1, -0.05) is 11.6 Å². The van der Waals surface area contributed by atoms with Crippen LogP contribution in [0.2, 0.25) is 5.02 Å². The minimum atomic E-state index is 0.424. The summed E-state index contributed by atoms with van der Waals surface area (Å²) in [6.07, 6.45) is 8.04. The lowest BCUT2D eigenvalue weighted by Gasteiger charge is -2.10. The molecular formula is C18H20ClN5O. The van der Waals surface area contributed by atoms with Crippen LogP contribution >= 0.6 is 11.6 Å². The molecule has 130 valence electrons. The molecule has 0 amide bonds. The fourth-order valence-electron chi connectivity index (χ4n) is 2.07. The summed E-state index contributed by atoms with van der Waals surface area (Å²) in [6.45, 7) is 1.38. The number of hydrogen-bond donors (Lipinski definition) is 2. The summed E-state index contributed by atoms with van der Waals surface area (Å²) in [6, 6.07) is 11.0. The number of anilines is 1. The molecule has 0 saturated heterocycles. The maximum Gasteiger partial charge on any atom is 0.211 e. The third kappa shape index (κ3) is 7.55. The molecular weight excluding hydrogens is 338 g/mol. The normalized spacial score (nSPS) is 10.8. The molecule has 0 aliphatic heterocycles. The zero-order chi connectivity index (χ0) is 17.7. The summed E-state index contributed by atoms with van der Waals surface area (Å²) in [5, 5.41) is 15.6. The van der Waals surface area contributed by atoms with Crippen molar-refractivity contribution in [2.75, 3.05) is 18.5 Å². The third-order valence-corrected chi connectivity index (χ3v) is 3.53. The number of halogens is 1. The minimum absolute atomic E-state index is 0.424. The molecule has 2 rings (SSSR count). The molecule has 1 heterocycles. The first-order valence-electron chi connectivity index (χ1n) is 8.04. The molecule has 0 atom stereocenters. The van der Waals surface area contributed by atoms with Crippen LogP contribution in [0.4, 0.5) is 5.69 Å². The summed E-state index contributed by atoms with van der Waals surface area (Å²) in [5.41, 5.74) is 0.778. The van der Waals surface area contributed by atoms with Gasteiger partial charge in [-0.05, 0) is 55.7 Å². The SMILES string of the molecule is N#CN=C(NCCCCCOc1ccc(Cl)cc1)Nc1cccnc1. The van der Waals surface area contributed by atoms with Gasteiger partial charge in [-0.15, -0.1) is 4.99 Å². The number of guanidine groups is 1. The van der Waals surface area contributed by atoms with E-state index in [1.54, 1.807) is 18.6 Å². The second-order valence-electron chi connectivity index (χ2n) is 5.22. The molecule has 1 aromatic carbocycles. The average molecular weight is 358 g/mol. The minimum Gasteiger partial charge on any atom is -0.494 e. The highest BCUT2D eigenvalue weighted by Gasteiger charge is 2.00. The Bertz CT molecular complexity index is 698. The van der Waals surface area contributed by atoms with Crippen LogP contribution in [0.3, 0.4) is 0 Å². The molecule has 0 spiro atoms. The Labute approximate surface area is 152 Å². The van der Waals surface area contributed by atoms with E-state index in [-0.39, 0.29) is 0 Å². The summed E-state index contributed by atoms with van der Waals surface area (Å²) < 4.78 is 5.64. The highest BCUT2D eigenvalue weighted by Crippen LogP contribution is 2.15. The van der Waals surface area contributed by atoms with Crippen LogP contribution < -0.4 is 15.4 Å². The molecule has 0 aliphatic rings. The summed E-state index contributed by atoms with van der Waals surface area (Å²) in [5.74, 6) is 1.25. The number of hydrogen-bond acceptors (Lipinski definition) is 4. The van der Waals surface area contributed by atoms with E-state index in [0.717, 1.165) is 30.7 Å². The van der Waals surface area contributed by atoms with E-state index in [1.165, 1.54) is 0 Å². The van der Waals surface area contributed by atoms with Crippen molar-refractivity contribution >= 4 is 23.2 Å². The van der Waals surface area contributed by atoms with E-state index in [2.05, 4.69) is 20.6 Å². The molecule has 7 heteroatoms. The predicted molar refractivity (Wildman–Crippen MR) is 99.7 cm³/mol. The number of aliphatic imine (C=N–C) groups is 1. The fourth-order valence-corrected chi connectivity index (χ4v) is 2.19. The van der Waals surface area contributed by atoms with E-state index in [9.17, 15) is 0 Å². The first kappa shape index (κ1) is 18.6. The van der Waals surface area contributed by atoms with Crippen LogP contribution in [0.25, 0.3) is 0 Å². The van der Waals surface area contributed by atoms with Crippen molar-refractivity contribution < 1.29 is 4.74 Å². The average Bonchev–Trinajstić information content (AvgIpc) is 2.63. The molecule has 2 aromatic rings. The summed E-state index contributed by atoms with van der Waals surface area (Å²) >= 11 is 5.83. The lowest BCUT2D eigenvalue weighted by atomic mass is 10.2. The van der Waals surface area contributed by atoms with Crippen molar-refractivity contribution in [3.63, 3.8) is 0 Å². The molecule has 0 saturated carbocycles. The first-order chi connectivity index (χ1) is 12.3. The zero-order valence-electron chi connectivity index (χ0n) is 13.8. The van der Waals surface area contributed by atoms with Gasteiger partial charge in [0.2, 0.25) is 12.2 Å². The number of aromatic nitrogens is 1. The fraction of sp³-hybridized carbons (Fsp3) is 0.278. The summed E-state index contributed by atoms with van der Waals surface area (Å²) in [7, 11) is 0. The number of pyridine rings is 1. The topological polar surface area (TPSA) is 82.3 Å². The van der Waals surface area contributed by atoms with Crippen LogP contribution in [0, 0.1) is 11.5 Å². The van der Waals surface area contributed by atoms with Gasteiger partial charge in [0.05, 0.1) is 18.5 Å². The van der Waals surface area contributed by atoms with Crippen molar-refractivity contribution in [3.05, 3.63) is 53.8 Å². The molecule has 0 unspecified atom stereocenters. The second kappa shape index (κ2) is 10.9. The largest absolute Gasteiger partial charge is 0.494 e. The molecule has 2 N–H and O–H groups in total. The van der Waals surface area contributed by atoms with Crippen molar-refractivity contribution in [3.8, 4) is 11.9 Å². The number of nitrogens with one attached hydrogen (secondary N) is 2. The number of benzene rings is 1. The van der Waals surface area contributed by atoms with Gasteiger partial charge in [-0.2, -0.15) is 5.26 Å². The van der Waals surface area contributed by atoms with Crippen LogP contribution in [-0.4, -0.2) is 24.1 Å². The Hall–Kier alpha value is -2.78. The van der Waals surface area contributed by atoms with Gasteiger partial charge in [0.15, 0.2) is 0 Å². The smallest absolute Gasteiger partial charge is 0.211 e. The monoisotopic (exact) mass is 357 g/mol. The number of nitriles is 1.